The minimum Gasteiger partial charge on any atom is -0.477 e. The van der Waals surface area contributed by atoms with Crippen molar-refractivity contribution in [3.63, 3.8) is 0 Å². The lowest BCUT2D eigenvalue weighted by Gasteiger charge is -2.01. The lowest BCUT2D eigenvalue weighted by molar-refractivity contribution is 0.0689. The van der Waals surface area contributed by atoms with Crippen LogP contribution >= 0.6 is 11.3 Å². The number of thiazole rings is 1. The van der Waals surface area contributed by atoms with Gasteiger partial charge in [-0.25, -0.2) is 9.78 Å². The number of aromatic carboxylic acids is 1. The van der Waals surface area contributed by atoms with Gasteiger partial charge in [0.15, 0.2) is 0 Å². The maximum atomic E-state index is 10.8. The van der Waals surface area contributed by atoms with Gasteiger partial charge in [0.25, 0.3) is 0 Å². The van der Waals surface area contributed by atoms with Crippen LogP contribution in [-0.4, -0.2) is 26.3 Å². The average Bonchev–Trinajstić information content (AvgIpc) is 2.87. The standard InChI is InChI=1S/C10H12N4O2S/c1-6-12-5-8(17-6)4-11-2-7-3-13-14-9(7)10(15)16/h3,5,11H,2,4H2,1H3,(H,13,14)(H,15,16). The van der Waals surface area contributed by atoms with Gasteiger partial charge in [-0.2, -0.15) is 5.10 Å². The predicted molar refractivity (Wildman–Crippen MR) is 62.9 cm³/mol. The van der Waals surface area contributed by atoms with Crippen molar-refractivity contribution < 1.29 is 9.90 Å². The molecule has 17 heavy (non-hydrogen) atoms. The van der Waals surface area contributed by atoms with Crippen LogP contribution in [0.2, 0.25) is 0 Å². The van der Waals surface area contributed by atoms with Crippen LogP contribution < -0.4 is 5.32 Å². The molecule has 0 bridgehead atoms. The second kappa shape index (κ2) is 5.07. The first-order chi connectivity index (χ1) is 8.16. The summed E-state index contributed by atoms with van der Waals surface area (Å²) in [6.07, 6.45) is 3.34. The van der Waals surface area contributed by atoms with Crippen LogP contribution in [0.3, 0.4) is 0 Å². The average molecular weight is 252 g/mol. The van der Waals surface area contributed by atoms with Crippen LogP contribution in [-0.2, 0) is 13.1 Å². The Labute approximate surface area is 102 Å². The Morgan fingerprint density at radius 1 is 1.53 bits per heavy atom. The zero-order valence-corrected chi connectivity index (χ0v) is 10.0. The second-order valence-electron chi connectivity index (χ2n) is 3.52. The van der Waals surface area contributed by atoms with Gasteiger partial charge in [-0.3, -0.25) is 5.10 Å². The molecule has 3 N–H and O–H groups in total. The molecule has 90 valence electrons. The zero-order valence-electron chi connectivity index (χ0n) is 9.23. The molecule has 0 unspecified atom stereocenters. The Kier molecular flexibility index (Phi) is 3.50. The van der Waals surface area contributed by atoms with E-state index in [-0.39, 0.29) is 5.69 Å². The van der Waals surface area contributed by atoms with Crippen molar-refractivity contribution in [1.29, 1.82) is 0 Å². The van der Waals surface area contributed by atoms with Gasteiger partial charge in [0.1, 0.15) is 5.69 Å². The smallest absolute Gasteiger partial charge is 0.354 e. The van der Waals surface area contributed by atoms with Crippen LogP contribution in [0.1, 0.15) is 25.9 Å². The first kappa shape index (κ1) is 11.7. The molecule has 0 aliphatic heterocycles. The third-order valence-corrected chi connectivity index (χ3v) is 3.13. The van der Waals surface area contributed by atoms with E-state index in [0.717, 1.165) is 9.88 Å². The zero-order chi connectivity index (χ0) is 12.3. The molecule has 0 spiro atoms. The molecule has 0 aromatic carbocycles. The molecule has 6 nitrogen and oxygen atoms in total. The van der Waals surface area contributed by atoms with Gasteiger partial charge in [-0.05, 0) is 6.92 Å². The monoisotopic (exact) mass is 252 g/mol. The molecule has 0 aliphatic carbocycles. The number of nitrogens with zero attached hydrogens (tertiary/aromatic N) is 2. The molecule has 2 aromatic heterocycles. The van der Waals surface area contributed by atoms with Gasteiger partial charge in [0.05, 0.1) is 11.2 Å². The molecule has 0 aliphatic rings. The molecule has 2 heterocycles. The Hall–Kier alpha value is -1.73. The third kappa shape index (κ3) is 2.89. The number of aromatic nitrogens is 3. The van der Waals surface area contributed by atoms with Crippen LogP contribution in [0.15, 0.2) is 12.4 Å². The van der Waals surface area contributed by atoms with Gasteiger partial charge in [-0.15, -0.1) is 11.3 Å². The lowest BCUT2D eigenvalue weighted by atomic mass is 10.2. The molecular weight excluding hydrogens is 240 g/mol. The summed E-state index contributed by atoms with van der Waals surface area (Å²) in [5.74, 6) is -0.993. The Balaban J connectivity index is 1.90. The first-order valence-corrected chi connectivity index (χ1v) is 5.86. The van der Waals surface area contributed by atoms with Crippen molar-refractivity contribution in [3.05, 3.63) is 33.5 Å². The van der Waals surface area contributed by atoms with E-state index in [4.69, 9.17) is 5.11 Å². The van der Waals surface area contributed by atoms with E-state index in [0.29, 0.717) is 18.7 Å². The maximum Gasteiger partial charge on any atom is 0.354 e. The quantitative estimate of drug-likeness (QED) is 0.743. The summed E-state index contributed by atoms with van der Waals surface area (Å²) >= 11 is 1.62. The number of H-pyrrole nitrogens is 1. The molecule has 0 atom stereocenters. The number of aryl methyl sites for hydroxylation is 1. The highest BCUT2D eigenvalue weighted by atomic mass is 32.1. The molecule has 0 saturated heterocycles. The summed E-state index contributed by atoms with van der Waals surface area (Å²) in [6, 6.07) is 0. The molecule has 0 saturated carbocycles. The number of hydrogen-bond acceptors (Lipinski definition) is 5. The number of carboxylic acids is 1. The summed E-state index contributed by atoms with van der Waals surface area (Å²) in [5, 5.41) is 19.2. The van der Waals surface area contributed by atoms with Crippen LogP contribution in [0.5, 0.6) is 0 Å². The van der Waals surface area contributed by atoms with Gasteiger partial charge in [0, 0.05) is 29.7 Å². The largest absolute Gasteiger partial charge is 0.477 e. The molecule has 2 aromatic rings. The number of aromatic amines is 1. The number of carboxylic acid groups (broad SMARTS) is 1. The van der Waals surface area contributed by atoms with Crippen molar-refractivity contribution in [2.24, 2.45) is 0 Å². The Bertz CT molecular complexity index is 520. The van der Waals surface area contributed by atoms with E-state index in [1.807, 2.05) is 13.1 Å². The predicted octanol–water partition coefficient (Wildman–Crippen LogP) is 1.16. The minimum absolute atomic E-state index is 0.137. The Morgan fingerprint density at radius 2 is 2.35 bits per heavy atom. The Morgan fingerprint density at radius 3 is 3.00 bits per heavy atom. The minimum atomic E-state index is -0.993. The van der Waals surface area contributed by atoms with Crippen LogP contribution in [0.4, 0.5) is 0 Å². The summed E-state index contributed by atoms with van der Waals surface area (Å²) in [4.78, 5) is 16.1. The number of carbonyl (C=O) groups is 1. The molecule has 0 amide bonds. The van der Waals surface area contributed by atoms with E-state index in [2.05, 4.69) is 20.5 Å². The lowest BCUT2D eigenvalue weighted by Crippen LogP contribution is -2.14. The van der Waals surface area contributed by atoms with E-state index < -0.39 is 5.97 Å². The van der Waals surface area contributed by atoms with E-state index in [1.54, 1.807) is 11.3 Å². The number of nitrogens with one attached hydrogen (secondary N) is 2. The molecule has 0 radical (unpaired) electrons. The fourth-order valence-electron chi connectivity index (χ4n) is 1.44. The van der Waals surface area contributed by atoms with Crippen molar-refractivity contribution >= 4 is 17.3 Å². The molecule has 0 fully saturated rings. The maximum absolute atomic E-state index is 10.8. The van der Waals surface area contributed by atoms with Crippen molar-refractivity contribution in [2.45, 2.75) is 20.0 Å². The van der Waals surface area contributed by atoms with Crippen molar-refractivity contribution in [3.8, 4) is 0 Å². The van der Waals surface area contributed by atoms with Gasteiger partial charge in [-0.1, -0.05) is 0 Å². The summed E-state index contributed by atoms with van der Waals surface area (Å²) < 4.78 is 0. The van der Waals surface area contributed by atoms with Gasteiger partial charge < -0.3 is 10.4 Å². The number of hydrogen-bond donors (Lipinski definition) is 3. The summed E-state index contributed by atoms with van der Waals surface area (Å²) in [6.45, 7) is 3.09. The highest BCUT2D eigenvalue weighted by molar-refractivity contribution is 7.11. The second-order valence-corrected chi connectivity index (χ2v) is 4.84. The molecular formula is C10H12N4O2S. The first-order valence-electron chi connectivity index (χ1n) is 5.04. The normalized spacial score (nSPS) is 10.6. The van der Waals surface area contributed by atoms with Crippen LogP contribution in [0, 0.1) is 6.92 Å². The summed E-state index contributed by atoms with van der Waals surface area (Å²) in [7, 11) is 0. The van der Waals surface area contributed by atoms with Crippen molar-refractivity contribution in [2.75, 3.05) is 0 Å². The van der Waals surface area contributed by atoms with Gasteiger partial charge >= 0.3 is 5.97 Å². The van der Waals surface area contributed by atoms with E-state index >= 15 is 0 Å². The highest BCUT2D eigenvalue weighted by Crippen LogP contribution is 2.11. The van der Waals surface area contributed by atoms with E-state index in [9.17, 15) is 4.79 Å². The van der Waals surface area contributed by atoms with Crippen molar-refractivity contribution in [1.82, 2.24) is 20.5 Å². The van der Waals surface area contributed by atoms with Crippen LogP contribution in [0.25, 0.3) is 0 Å². The fraction of sp³-hybridized carbons (Fsp3) is 0.300. The van der Waals surface area contributed by atoms with Gasteiger partial charge in [0.2, 0.25) is 0 Å². The van der Waals surface area contributed by atoms with E-state index in [1.165, 1.54) is 6.20 Å². The third-order valence-electron chi connectivity index (χ3n) is 2.22. The molecule has 7 heteroatoms. The molecule has 2 rings (SSSR count). The fourth-order valence-corrected chi connectivity index (χ4v) is 2.20. The summed E-state index contributed by atoms with van der Waals surface area (Å²) in [5.41, 5.74) is 0.789. The number of rotatable bonds is 5. The highest BCUT2D eigenvalue weighted by Gasteiger charge is 2.11. The SMILES string of the molecule is Cc1ncc(CNCc2cn[nH]c2C(=O)O)s1. The topological polar surface area (TPSA) is 90.9 Å².